The van der Waals surface area contributed by atoms with Crippen molar-refractivity contribution in [3.05, 3.63) is 17.8 Å². The number of hydrogen-bond donors (Lipinski definition) is 2. The Morgan fingerprint density at radius 3 is 2.87 bits per heavy atom. The molecule has 82 valence electrons. The maximum Gasteiger partial charge on any atom is 0.325 e. The van der Waals surface area contributed by atoms with Gasteiger partial charge in [0.25, 0.3) is 5.91 Å². The first-order valence-electron chi connectivity index (χ1n) is 4.52. The number of nitrogens with zero attached hydrogens (tertiary/aromatic N) is 1. The van der Waals surface area contributed by atoms with Gasteiger partial charge in [-0.05, 0) is 6.92 Å². The minimum absolute atomic E-state index is 0.144. The van der Waals surface area contributed by atoms with Crippen LogP contribution in [-0.2, 0) is 11.2 Å². The molecule has 1 aromatic rings. The van der Waals surface area contributed by atoms with Crippen molar-refractivity contribution >= 4 is 11.9 Å². The van der Waals surface area contributed by atoms with Gasteiger partial charge in [0, 0.05) is 6.42 Å². The highest BCUT2D eigenvalue weighted by molar-refractivity contribution is 5.95. The van der Waals surface area contributed by atoms with Gasteiger partial charge in [0.2, 0.25) is 0 Å². The Morgan fingerprint density at radius 1 is 1.67 bits per heavy atom. The van der Waals surface area contributed by atoms with E-state index in [-0.39, 0.29) is 5.69 Å². The minimum atomic E-state index is -1.09. The lowest BCUT2D eigenvalue weighted by molar-refractivity contribution is -0.138. The summed E-state index contributed by atoms with van der Waals surface area (Å²) in [4.78, 5) is 25.7. The van der Waals surface area contributed by atoms with E-state index >= 15 is 0 Å². The molecule has 1 rings (SSSR count). The van der Waals surface area contributed by atoms with Crippen molar-refractivity contribution in [3.8, 4) is 0 Å². The van der Waals surface area contributed by atoms with Gasteiger partial charge in [-0.2, -0.15) is 0 Å². The van der Waals surface area contributed by atoms with Gasteiger partial charge in [0.05, 0.1) is 0 Å². The fourth-order valence-corrected chi connectivity index (χ4v) is 1.03. The molecule has 0 aliphatic rings. The lowest BCUT2D eigenvalue weighted by Crippen LogP contribution is -2.38. The molecule has 1 amide bonds. The highest BCUT2D eigenvalue weighted by Crippen LogP contribution is 2.07. The van der Waals surface area contributed by atoms with Gasteiger partial charge in [-0.1, -0.05) is 6.92 Å². The monoisotopic (exact) mass is 212 g/mol. The molecule has 1 atom stereocenters. The molecule has 1 heterocycles. The predicted octanol–water partition coefficient (Wildman–Crippen LogP) is 0.440. The normalized spacial score (nSPS) is 12.1. The fraction of sp³-hybridized carbons (Fsp3) is 0.444. The number of aryl methyl sites for hydroxylation is 1. The Balaban J connectivity index is 2.73. The van der Waals surface area contributed by atoms with Crippen LogP contribution in [0.1, 0.15) is 30.1 Å². The summed E-state index contributed by atoms with van der Waals surface area (Å²) in [5, 5.41) is 10.9. The maximum absolute atomic E-state index is 11.5. The molecule has 0 saturated heterocycles. The fourth-order valence-electron chi connectivity index (χ4n) is 1.03. The molecular weight excluding hydrogens is 200 g/mol. The summed E-state index contributed by atoms with van der Waals surface area (Å²) in [5.41, 5.74) is 0.144. The van der Waals surface area contributed by atoms with Crippen LogP contribution < -0.4 is 5.32 Å². The third kappa shape index (κ3) is 2.55. The first-order valence-corrected chi connectivity index (χ1v) is 4.52. The van der Waals surface area contributed by atoms with Gasteiger partial charge < -0.3 is 14.8 Å². The predicted molar refractivity (Wildman–Crippen MR) is 50.4 cm³/mol. The van der Waals surface area contributed by atoms with E-state index in [2.05, 4.69) is 10.3 Å². The van der Waals surface area contributed by atoms with E-state index in [1.54, 1.807) is 0 Å². The molecule has 6 heteroatoms. The van der Waals surface area contributed by atoms with E-state index in [9.17, 15) is 9.59 Å². The second-order valence-electron chi connectivity index (χ2n) is 3.01. The summed E-state index contributed by atoms with van der Waals surface area (Å²) in [6, 6.07) is -0.945. The van der Waals surface area contributed by atoms with Crippen LogP contribution in [0.3, 0.4) is 0 Å². The van der Waals surface area contributed by atoms with Gasteiger partial charge >= 0.3 is 5.97 Å². The molecular formula is C9H12N2O4. The molecule has 0 aliphatic carbocycles. The van der Waals surface area contributed by atoms with E-state index in [0.717, 1.165) is 0 Å². The molecule has 0 spiro atoms. The highest BCUT2D eigenvalue weighted by atomic mass is 16.4. The van der Waals surface area contributed by atoms with E-state index < -0.39 is 17.9 Å². The first-order chi connectivity index (χ1) is 7.06. The number of nitrogens with one attached hydrogen (secondary N) is 1. The Labute approximate surface area is 86.3 Å². The van der Waals surface area contributed by atoms with E-state index in [1.165, 1.54) is 13.3 Å². The quantitative estimate of drug-likeness (QED) is 0.755. The zero-order chi connectivity index (χ0) is 11.4. The first kappa shape index (κ1) is 11.2. The molecule has 0 aromatic carbocycles. The van der Waals surface area contributed by atoms with Gasteiger partial charge in [0.1, 0.15) is 11.8 Å². The van der Waals surface area contributed by atoms with Gasteiger partial charge in [-0.15, -0.1) is 0 Å². The van der Waals surface area contributed by atoms with Crippen LogP contribution in [0, 0.1) is 0 Å². The van der Waals surface area contributed by atoms with Crippen molar-refractivity contribution in [2.75, 3.05) is 0 Å². The molecule has 0 saturated carbocycles. The molecule has 0 radical (unpaired) electrons. The molecule has 0 fully saturated rings. The van der Waals surface area contributed by atoms with Crippen LogP contribution in [0.25, 0.3) is 0 Å². The van der Waals surface area contributed by atoms with Crippen molar-refractivity contribution in [2.24, 2.45) is 0 Å². The molecule has 6 nitrogen and oxygen atoms in total. The minimum Gasteiger partial charge on any atom is -0.480 e. The van der Waals surface area contributed by atoms with Crippen LogP contribution in [0.5, 0.6) is 0 Å². The maximum atomic E-state index is 11.5. The Bertz CT molecular complexity index is 372. The topological polar surface area (TPSA) is 92.4 Å². The van der Waals surface area contributed by atoms with Gasteiger partial charge in [0.15, 0.2) is 12.1 Å². The lowest BCUT2D eigenvalue weighted by Gasteiger charge is -2.07. The average molecular weight is 212 g/mol. The number of amides is 1. The van der Waals surface area contributed by atoms with E-state index in [1.807, 2.05) is 6.92 Å². The zero-order valence-electron chi connectivity index (χ0n) is 8.48. The Kier molecular flexibility index (Phi) is 3.43. The second kappa shape index (κ2) is 4.59. The summed E-state index contributed by atoms with van der Waals surface area (Å²) in [6.07, 6.45) is 1.70. The third-order valence-electron chi connectivity index (χ3n) is 1.90. The number of aromatic nitrogens is 1. The Hall–Kier alpha value is -1.85. The number of carboxylic acids is 1. The molecule has 0 bridgehead atoms. The van der Waals surface area contributed by atoms with Crippen molar-refractivity contribution in [3.63, 3.8) is 0 Å². The number of oxazole rings is 1. The summed E-state index contributed by atoms with van der Waals surface area (Å²) >= 11 is 0. The van der Waals surface area contributed by atoms with Crippen LogP contribution >= 0.6 is 0 Å². The van der Waals surface area contributed by atoms with Gasteiger partial charge in [-0.3, -0.25) is 9.59 Å². The number of carboxylic acid groups (broad SMARTS) is 1. The van der Waals surface area contributed by atoms with Crippen LogP contribution in [-0.4, -0.2) is 28.0 Å². The van der Waals surface area contributed by atoms with Crippen molar-refractivity contribution in [2.45, 2.75) is 26.3 Å². The van der Waals surface area contributed by atoms with Crippen molar-refractivity contribution < 1.29 is 19.1 Å². The number of aliphatic carboxylic acids is 1. The summed E-state index contributed by atoms with van der Waals surface area (Å²) in [6.45, 7) is 3.20. The number of carbonyl (C=O) groups is 2. The standard InChI is InChI=1S/C9H12N2O4/c1-3-6-7(10-4-15-6)8(12)11-5(2)9(13)14/h4-5H,3H2,1-2H3,(H,11,12)(H,13,14). The SMILES string of the molecule is CCc1ocnc1C(=O)NC(C)C(=O)O. The zero-order valence-corrected chi connectivity index (χ0v) is 8.48. The molecule has 0 aliphatic heterocycles. The number of hydrogen-bond acceptors (Lipinski definition) is 4. The van der Waals surface area contributed by atoms with Crippen LogP contribution in [0.2, 0.25) is 0 Å². The average Bonchev–Trinajstić information content (AvgIpc) is 2.64. The summed E-state index contributed by atoms with van der Waals surface area (Å²) < 4.78 is 4.96. The van der Waals surface area contributed by atoms with Crippen molar-refractivity contribution in [1.82, 2.24) is 10.3 Å². The van der Waals surface area contributed by atoms with Crippen molar-refractivity contribution in [1.29, 1.82) is 0 Å². The molecule has 2 N–H and O–H groups in total. The summed E-state index contributed by atoms with van der Waals surface area (Å²) in [5.74, 6) is -1.18. The lowest BCUT2D eigenvalue weighted by atomic mass is 10.2. The van der Waals surface area contributed by atoms with Crippen LogP contribution in [0.4, 0.5) is 0 Å². The number of carbonyl (C=O) groups excluding carboxylic acids is 1. The van der Waals surface area contributed by atoms with Crippen LogP contribution in [0.15, 0.2) is 10.8 Å². The van der Waals surface area contributed by atoms with E-state index in [0.29, 0.717) is 12.2 Å². The van der Waals surface area contributed by atoms with Gasteiger partial charge in [-0.25, -0.2) is 4.98 Å². The highest BCUT2D eigenvalue weighted by Gasteiger charge is 2.19. The largest absolute Gasteiger partial charge is 0.480 e. The number of rotatable bonds is 4. The summed E-state index contributed by atoms with van der Waals surface area (Å²) in [7, 11) is 0. The molecule has 15 heavy (non-hydrogen) atoms. The smallest absolute Gasteiger partial charge is 0.325 e. The molecule has 1 unspecified atom stereocenters. The van der Waals surface area contributed by atoms with E-state index in [4.69, 9.17) is 9.52 Å². The molecule has 1 aromatic heterocycles. The second-order valence-corrected chi connectivity index (χ2v) is 3.01. The third-order valence-corrected chi connectivity index (χ3v) is 1.90. The Morgan fingerprint density at radius 2 is 2.33 bits per heavy atom.